The number of carbonyl (C=O) groups excluding carboxylic acids is 1. The van der Waals surface area contributed by atoms with Gasteiger partial charge in [-0.25, -0.2) is 4.79 Å². The van der Waals surface area contributed by atoms with Crippen molar-refractivity contribution in [2.45, 2.75) is 24.6 Å². The average molecular weight is 296 g/mol. The van der Waals surface area contributed by atoms with Crippen LogP contribution in [0.2, 0.25) is 0 Å². The second kappa shape index (κ2) is 4.93. The molecule has 6 nitrogen and oxygen atoms in total. The normalized spacial score (nSPS) is 19.3. The van der Waals surface area contributed by atoms with Crippen LogP contribution in [0.25, 0.3) is 0 Å². The molecule has 1 aliphatic rings. The van der Waals surface area contributed by atoms with Crippen LogP contribution in [0.15, 0.2) is 6.20 Å². The van der Waals surface area contributed by atoms with Crippen molar-refractivity contribution in [2.24, 2.45) is 0 Å². The fourth-order valence-electron chi connectivity index (χ4n) is 1.77. The Hall–Kier alpha value is -1.42. The number of likely N-dealkylation sites (tertiary alicyclic amines) is 1. The maximum atomic E-state index is 12.6. The molecule has 106 valence electrons. The van der Waals surface area contributed by atoms with Gasteiger partial charge in [0.05, 0.1) is 6.20 Å². The third-order valence-corrected chi connectivity index (χ3v) is 3.58. The van der Waals surface area contributed by atoms with Gasteiger partial charge in [-0.15, -0.1) is 5.10 Å². The van der Waals surface area contributed by atoms with Crippen LogP contribution in [0, 0.1) is 0 Å². The van der Waals surface area contributed by atoms with E-state index < -0.39 is 30.7 Å². The van der Waals surface area contributed by atoms with Crippen molar-refractivity contribution in [3.05, 3.63) is 6.20 Å². The first-order valence-corrected chi connectivity index (χ1v) is 6.21. The third-order valence-electron chi connectivity index (χ3n) is 3.00. The Morgan fingerprint density at radius 3 is 2.58 bits per heavy atom. The Labute approximate surface area is 110 Å². The molecule has 1 saturated heterocycles. The molecular weight excluding hydrogens is 285 g/mol. The number of hydrogen-bond acceptors (Lipinski definition) is 5. The highest BCUT2D eigenvalue weighted by Crippen LogP contribution is 2.38. The van der Waals surface area contributed by atoms with Crippen molar-refractivity contribution in [2.75, 3.05) is 18.4 Å². The minimum Gasteiger partial charge on any atom is -0.380 e. The van der Waals surface area contributed by atoms with E-state index in [1.165, 1.54) is 11.1 Å². The number of amides is 2. The lowest BCUT2D eigenvalue weighted by Crippen LogP contribution is -2.54. The van der Waals surface area contributed by atoms with Crippen LogP contribution >= 0.6 is 11.5 Å². The average Bonchev–Trinajstić information content (AvgIpc) is 2.81. The predicted molar refractivity (Wildman–Crippen MR) is 60.7 cm³/mol. The second-order valence-corrected chi connectivity index (χ2v) is 5.01. The summed E-state index contributed by atoms with van der Waals surface area (Å²) >= 11 is 0.970. The Bertz CT molecular complexity index is 443. The van der Waals surface area contributed by atoms with E-state index in [1.807, 2.05) is 0 Å². The Morgan fingerprint density at radius 1 is 1.47 bits per heavy atom. The van der Waals surface area contributed by atoms with Crippen LogP contribution in [0.1, 0.15) is 12.8 Å². The molecule has 0 spiro atoms. The zero-order valence-electron chi connectivity index (χ0n) is 9.65. The summed E-state index contributed by atoms with van der Waals surface area (Å²) in [5, 5.41) is 15.9. The summed E-state index contributed by atoms with van der Waals surface area (Å²) in [5.74, 6) is 0. The number of halogens is 3. The number of piperidine rings is 1. The molecular formula is C9H11F3N4O2S. The van der Waals surface area contributed by atoms with Crippen molar-refractivity contribution in [3.63, 3.8) is 0 Å². The number of anilines is 1. The molecule has 2 rings (SSSR count). The molecule has 2 heterocycles. The van der Waals surface area contributed by atoms with Gasteiger partial charge in [-0.05, 0) is 0 Å². The van der Waals surface area contributed by atoms with E-state index in [9.17, 15) is 23.1 Å². The van der Waals surface area contributed by atoms with Crippen molar-refractivity contribution in [3.8, 4) is 0 Å². The molecule has 2 amide bonds. The summed E-state index contributed by atoms with van der Waals surface area (Å²) in [6.07, 6.45) is -4.37. The SMILES string of the molecule is O=C(Nc1cnns1)N1CCC(O)(C(F)(F)F)CC1. The quantitative estimate of drug-likeness (QED) is 0.822. The van der Waals surface area contributed by atoms with Gasteiger partial charge in [0.25, 0.3) is 0 Å². The number of carbonyl (C=O) groups is 1. The lowest BCUT2D eigenvalue weighted by molar-refractivity contribution is -0.271. The molecule has 0 bridgehead atoms. The summed E-state index contributed by atoms with van der Waals surface area (Å²) in [7, 11) is 0. The van der Waals surface area contributed by atoms with Crippen LogP contribution in [0.4, 0.5) is 23.0 Å². The Kier molecular flexibility index (Phi) is 3.63. The van der Waals surface area contributed by atoms with Crippen molar-refractivity contribution in [1.29, 1.82) is 0 Å². The van der Waals surface area contributed by atoms with Gasteiger partial charge >= 0.3 is 12.2 Å². The topological polar surface area (TPSA) is 78.4 Å². The number of alkyl halides is 3. The molecule has 1 aliphatic heterocycles. The first kappa shape index (κ1) is 14.0. The van der Waals surface area contributed by atoms with Gasteiger partial charge in [0.15, 0.2) is 5.60 Å². The molecule has 0 saturated carbocycles. The van der Waals surface area contributed by atoms with Crippen LogP contribution in [0.3, 0.4) is 0 Å². The number of aliphatic hydroxyl groups is 1. The molecule has 1 aromatic rings. The van der Waals surface area contributed by atoms with Gasteiger partial charge < -0.3 is 10.0 Å². The molecule has 1 aromatic heterocycles. The molecule has 0 unspecified atom stereocenters. The summed E-state index contributed by atoms with van der Waals surface area (Å²) in [6.45, 7) is -0.317. The smallest absolute Gasteiger partial charge is 0.380 e. The first-order valence-electron chi connectivity index (χ1n) is 5.44. The number of hydrogen-bond donors (Lipinski definition) is 2. The van der Waals surface area contributed by atoms with E-state index >= 15 is 0 Å². The largest absolute Gasteiger partial charge is 0.417 e. The van der Waals surface area contributed by atoms with Gasteiger partial charge in [0, 0.05) is 37.5 Å². The summed E-state index contributed by atoms with van der Waals surface area (Å²) in [6, 6.07) is -0.518. The molecule has 19 heavy (non-hydrogen) atoms. The highest BCUT2D eigenvalue weighted by Gasteiger charge is 2.54. The Morgan fingerprint density at radius 2 is 2.11 bits per heavy atom. The first-order chi connectivity index (χ1) is 8.82. The van der Waals surface area contributed by atoms with Crippen LogP contribution in [-0.2, 0) is 0 Å². The van der Waals surface area contributed by atoms with Crippen molar-refractivity contribution >= 4 is 22.6 Å². The van der Waals surface area contributed by atoms with Gasteiger partial charge in [0.2, 0.25) is 0 Å². The predicted octanol–water partition coefficient (Wildman–Crippen LogP) is 1.46. The summed E-state index contributed by atoms with van der Waals surface area (Å²) < 4.78 is 41.3. The zero-order valence-corrected chi connectivity index (χ0v) is 10.5. The highest BCUT2D eigenvalue weighted by molar-refractivity contribution is 7.10. The molecule has 0 atom stereocenters. The minimum atomic E-state index is -4.67. The maximum Gasteiger partial charge on any atom is 0.417 e. The van der Waals surface area contributed by atoms with Gasteiger partial charge in [-0.1, -0.05) is 4.49 Å². The van der Waals surface area contributed by atoms with E-state index in [0.29, 0.717) is 5.00 Å². The number of rotatable bonds is 1. The number of nitrogens with zero attached hydrogens (tertiary/aromatic N) is 3. The van der Waals surface area contributed by atoms with E-state index in [-0.39, 0.29) is 13.1 Å². The van der Waals surface area contributed by atoms with Gasteiger partial charge in [0.1, 0.15) is 5.00 Å². The van der Waals surface area contributed by atoms with Gasteiger partial charge in [-0.3, -0.25) is 5.32 Å². The minimum absolute atomic E-state index is 0.159. The monoisotopic (exact) mass is 296 g/mol. The van der Waals surface area contributed by atoms with Crippen LogP contribution in [-0.4, -0.2) is 50.5 Å². The van der Waals surface area contributed by atoms with E-state index in [0.717, 1.165) is 11.5 Å². The maximum absolute atomic E-state index is 12.6. The molecule has 10 heteroatoms. The number of urea groups is 1. The standard InChI is InChI=1S/C9H11F3N4O2S/c10-9(11,12)8(18)1-3-16(4-2-8)7(17)14-6-5-13-15-19-6/h5,18H,1-4H2,(H,14,17). The van der Waals surface area contributed by atoms with E-state index in [2.05, 4.69) is 14.9 Å². The van der Waals surface area contributed by atoms with Crippen molar-refractivity contribution < 1.29 is 23.1 Å². The number of aromatic nitrogens is 2. The lowest BCUT2D eigenvalue weighted by atomic mass is 9.91. The molecule has 1 fully saturated rings. The molecule has 0 aliphatic carbocycles. The number of nitrogens with one attached hydrogen (secondary N) is 1. The van der Waals surface area contributed by atoms with Crippen LogP contribution < -0.4 is 5.32 Å². The molecule has 2 N–H and O–H groups in total. The highest BCUT2D eigenvalue weighted by atomic mass is 32.1. The lowest BCUT2D eigenvalue weighted by Gasteiger charge is -2.38. The molecule has 0 aromatic carbocycles. The Balaban J connectivity index is 1.91. The van der Waals surface area contributed by atoms with Gasteiger partial charge in [-0.2, -0.15) is 13.2 Å². The second-order valence-electron chi connectivity index (χ2n) is 4.23. The van der Waals surface area contributed by atoms with Crippen molar-refractivity contribution in [1.82, 2.24) is 14.5 Å². The fraction of sp³-hybridized carbons (Fsp3) is 0.667. The summed E-state index contributed by atoms with van der Waals surface area (Å²) in [5.41, 5.74) is -2.70. The zero-order chi connectivity index (χ0) is 14.1. The molecule has 0 radical (unpaired) electrons. The third kappa shape index (κ3) is 2.95. The van der Waals surface area contributed by atoms with E-state index in [1.54, 1.807) is 0 Å². The van der Waals surface area contributed by atoms with E-state index in [4.69, 9.17) is 0 Å². The fourth-order valence-corrected chi connectivity index (χ4v) is 2.18. The van der Waals surface area contributed by atoms with Crippen LogP contribution in [0.5, 0.6) is 0 Å². The summed E-state index contributed by atoms with van der Waals surface area (Å²) in [4.78, 5) is 13.0.